The molecule has 2 aromatic rings. The van der Waals surface area contributed by atoms with Crippen LogP contribution in [0.15, 0.2) is 24.3 Å². The maximum Gasteiger partial charge on any atom is 0.316 e. The van der Waals surface area contributed by atoms with E-state index >= 15 is 0 Å². The van der Waals surface area contributed by atoms with Crippen molar-refractivity contribution < 1.29 is 4.84 Å². The summed E-state index contributed by atoms with van der Waals surface area (Å²) >= 11 is 0. The second-order valence-electron chi connectivity index (χ2n) is 2.56. The molecule has 0 unspecified atom stereocenters. The van der Waals surface area contributed by atoms with Gasteiger partial charge in [-0.2, -0.15) is 10.9 Å². The number of aryl methyl sites for hydroxylation is 1. The molecule has 0 aliphatic carbocycles. The molecule has 0 saturated heterocycles. The maximum atomic E-state index is 5.03. The van der Waals surface area contributed by atoms with Gasteiger partial charge in [0.2, 0.25) is 0 Å². The molecule has 0 aliphatic rings. The number of benzene rings is 1. The monoisotopic (exact) mass is 163 g/mol. The van der Waals surface area contributed by atoms with E-state index in [1.165, 1.54) is 0 Å². The zero-order valence-corrected chi connectivity index (χ0v) is 6.69. The van der Waals surface area contributed by atoms with Crippen molar-refractivity contribution >= 4 is 11.0 Å². The lowest BCUT2D eigenvalue weighted by Gasteiger charge is -1.96. The molecular formula is C8H9N3O. The van der Waals surface area contributed by atoms with Crippen LogP contribution in [0.4, 0.5) is 0 Å². The van der Waals surface area contributed by atoms with Crippen LogP contribution in [-0.4, -0.2) is 9.55 Å². The van der Waals surface area contributed by atoms with Crippen LogP contribution in [0.5, 0.6) is 6.01 Å². The molecule has 0 amide bonds. The summed E-state index contributed by atoms with van der Waals surface area (Å²) < 4.78 is 1.80. The molecule has 0 atom stereocenters. The predicted molar refractivity (Wildman–Crippen MR) is 45.5 cm³/mol. The van der Waals surface area contributed by atoms with Crippen molar-refractivity contribution in [2.75, 3.05) is 0 Å². The SMILES string of the molecule is Cn1c(ON)nc2ccccc21. The van der Waals surface area contributed by atoms with Crippen LogP contribution in [0.25, 0.3) is 11.0 Å². The Morgan fingerprint density at radius 1 is 1.42 bits per heavy atom. The molecule has 1 aromatic heterocycles. The summed E-state index contributed by atoms with van der Waals surface area (Å²) in [7, 11) is 1.86. The van der Waals surface area contributed by atoms with E-state index in [-0.39, 0.29) is 0 Å². The van der Waals surface area contributed by atoms with Gasteiger partial charge >= 0.3 is 6.01 Å². The number of aromatic nitrogens is 2. The quantitative estimate of drug-likeness (QED) is 0.633. The van der Waals surface area contributed by atoms with E-state index in [1.807, 2.05) is 31.3 Å². The van der Waals surface area contributed by atoms with Crippen LogP contribution in [0.1, 0.15) is 0 Å². The summed E-state index contributed by atoms with van der Waals surface area (Å²) in [5.74, 6) is 5.03. The van der Waals surface area contributed by atoms with Gasteiger partial charge in [-0.25, -0.2) is 0 Å². The predicted octanol–water partition coefficient (Wildman–Crippen LogP) is 0.826. The lowest BCUT2D eigenvalue weighted by atomic mass is 10.3. The van der Waals surface area contributed by atoms with Gasteiger partial charge in [-0.15, -0.1) is 0 Å². The molecule has 0 bridgehead atoms. The zero-order chi connectivity index (χ0) is 8.55. The molecule has 62 valence electrons. The topological polar surface area (TPSA) is 53.1 Å². The van der Waals surface area contributed by atoms with Crippen molar-refractivity contribution in [2.24, 2.45) is 12.9 Å². The van der Waals surface area contributed by atoms with Crippen LogP contribution < -0.4 is 10.7 Å². The van der Waals surface area contributed by atoms with Crippen LogP contribution >= 0.6 is 0 Å². The minimum Gasteiger partial charge on any atom is -0.373 e. The van der Waals surface area contributed by atoms with Gasteiger partial charge in [0.1, 0.15) is 0 Å². The summed E-state index contributed by atoms with van der Waals surface area (Å²) in [6.45, 7) is 0. The standard InChI is InChI=1S/C8H9N3O/c1-11-7-5-3-2-4-6(7)10-8(11)12-9/h2-5H,9H2,1H3. The van der Waals surface area contributed by atoms with E-state index in [9.17, 15) is 0 Å². The van der Waals surface area contributed by atoms with Crippen LogP contribution in [-0.2, 0) is 7.05 Å². The number of para-hydroxylation sites is 2. The number of hydrogen-bond acceptors (Lipinski definition) is 3. The van der Waals surface area contributed by atoms with E-state index in [0.717, 1.165) is 11.0 Å². The van der Waals surface area contributed by atoms with E-state index < -0.39 is 0 Å². The van der Waals surface area contributed by atoms with Crippen molar-refractivity contribution in [1.82, 2.24) is 9.55 Å². The van der Waals surface area contributed by atoms with Gasteiger partial charge in [-0.3, -0.25) is 4.57 Å². The Morgan fingerprint density at radius 2 is 2.17 bits per heavy atom. The Kier molecular flexibility index (Phi) is 1.48. The van der Waals surface area contributed by atoms with Crippen molar-refractivity contribution in [2.45, 2.75) is 0 Å². The zero-order valence-electron chi connectivity index (χ0n) is 6.69. The highest BCUT2D eigenvalue weighted by atomic mass is 16.6. The van der Waals surface area contributed by atoms with Gasteiger partial charge in [0.25, 0.3) is 0 Å². The first kappa shape index (κ1) is 7.12. The van der Waals surface area contributed by atoms with Gasteiger partial charge in [0, 0.05) is 7.05 Å². The third-order valence-electron chi connectivity index (χ3n) is 1.85. The Hall–Kier alpha value is -1.55. The molecule has 1 aromatic carbocycles. The molecule has 2 N–H and O–H groups in total. The molecular weight excluding hydrogens is 154 g/mol. The van der Waals surface area contributed by atoms with E-state index in [2.05, 4.69) is 9.82 Å². The number of hydrogen-bond donors (Lipinski definition) is 1. The van der Waals surface area contributed by atoms with Gasteiger partial charge < -0.3 is 4.84 Å². The fourth-order valence-electron chi connectivity index (χ4n) is 1.23. The van der Waals surface area contributed by atoms with Crippen LogP contribution in [0.3, 0.4) is 0 Å². The molecule has 0 fully saturated rings. The molecule has 1 heterocycles. The van der Waals surface area contributed by atoms with E-state index in [0.29, 0.717) is 6.01 Å². The lowest BCUT2D eigenvalue weighted by molar-refractivity contribution is 0.298. The number of rotatable bonds is 1. The summed E-state index contributed by atoms with van der Waals surface area (Å²) in [4.78, 5) is 8.73. The number of imidazole rings is 1. The highest BCUT2D eigenvalue weighted by molar-refractivity contribution is 5.76. The van der Waals surface area contributed by atoms with Gasteiger partial charge in [0.15, 0.2) is 0 Å². The highest BCUT2D eigenvalue weighted by Gasteiger charge is 2.05. The molecule has 0 radical (unpaired) electrons. The average molecular weight is 163 g/mol. The second kappa shape index (κ2) is 2.49. The second-order valence-corrected chi connectivity index (χ2v) is 2.56. The van der Waals surface area contributed by atoms with Gasteiger partial charge in [-0.1, -0.05) is 12.1 Å². The average Bonchev–Trinajstić information content (AvgIpc) is 2.44. The molecule has 0 saturated carbocycles. The fraction of sp³-hybridized carbons (Fsp3) is 0.125. The number of fused-ring (bicyclic) bond motifs is 1. The molecule has 0 aliphatic heterocycles. The fourth-order valence-corrected chi connectivity index (χ4v) is 1.23. The Bertz CT molecular complexity index is 408. The Labute approximate surface area is 69.5 Å². The molecule has 4 nitrogen and oxygen atoms in total. The lowest BCUT2D eigenvalue weighted by Crippen LogP contribution is -2.06. The largest absolute Gasteiger partial charge is 0.373 e. The maximum absolute atomic E-state index is 5.03. The minimum atomic E-state index is 0.427. The normalized spacial score (nSPS) is 10.5. The molecule has 2 rings (SSSR count). The van der Waals surface area contributed by atoms with E-state index in [1.54, 1.807) is 4.57 Å². The summed E-state index contributed by atoms with van der Waals surface area (Å²) in [6.07, 6.45) is 0. The van der Waals surface area contributed by atoms with E-state index in [4.69, 9.17) is 5.90 Å². The van der Waals surface area contributed by atoms with Gasteiger partial charge in [-0.05, 0) is 12.1 Å². The first-order valence-electron chi connectivity index (χ1n) is 3.61. The van der Waals surface area contributed by atoms with Gasteiger partial charge in [0.05, 0.1) is 11.0 Å². The highest BCUT2D eigenvalue weighted by Crippen LogP contribution is 2.17. The minimum absolute atomic E-state index is 0.427. The molecule has 0 spiro atoms. The van der Waals surface area contributed by atoms with Crippen LogP contribution in [0.2, 0.25) is 0 Å². The third-order valence-corrected chi connectivity index (χ3v) is 1.85. The Morgan fingerprint density at radius 3 is 2.83 bits per heavy atom. The molecule has 4 heteroatoms. The number of nitrogens with zero attached hydrogens (tertiary/aromatic N) is 2. The number of nitrogens with two attached hydrogens (primary N) is 1. The van der Waals surface area contributed by atoms with Crippen molar-refractivity contribution in [3.05, 3.63) is 24.3 Å². The summed E-state index contributed by atoms with van der Waals surface area (Å²) in [5, 5.41) is 0. The van der Waals surface area contributed by atoms with Crippen molar-refractivity contribution in [3.63, 3.8) is 0 Å². The third kappa shape index (κ3) is 0.853. The Balaban J connectivity index is 2.78. The van der Waals surface area contributed by atoms with Crippen molar-refractivity contribution in [1.29, 1.82) is 0 Å². The van der Waals surface area contributed by atoms with Crippen molar-refractivity contribution in [3.8, 4) is 6.01 Å². The molecule has 12 heavy (non-hydrogen) atoms. The summed E-state index contributed by atoms with van der Waals surface area (Å²) in [6, 6.07) is 8.18. The van der Waals surface area contributed by atoms with Crippen LogP contribution in [0, 0.1) is 0 Å². The summed E-state index contributed by atoms with van der Waals surface area (Å²) in [5.41, 5.74) is 1.90. The smallest absolute Gasteiger partial charge is 0.316 e. The first-order chi connectivity index (χ1) is 5.83. The first-order valence-corrected chi connectivity index (χ1v) is 3.61.